The van der Waals surface area contributed by atoms with E-state index in [1.807, 2.05) is 5.92 Å². The van der Waals surface area contributed by atoms with Gasteiger partial charge in [0.1, 0.15) is 0 Å². The van der Waals surface area contributed by atoms with E-state index in [-0.39, 0.29) is 6.54 Å². The van der Waals surface area contributed by atoms with Gasteiger partial charge in [-0.25, -0.2) is 0 Å². The molecule has 2 N–H and O–H groups in total. The third-order valence-electron chi connectivity index (χ3n) is 0.689. The molecule has 0 unspecified atom stereocenters. The summed E-state index contributed by atoms with van der Waals surface area (Å²) >= 11 is 0. The van der Waals surface area contributed by atoms with E-state index in [1.165, 1.54) is 0 Å². The third kappa shape index (κ3) is 4.85. The third-order valence-corrected chi connectivity index (χ3v) is 0.689. The molecule has 9 heavy (non-hydrogen) atoms. The lowest BCUT2D eigenvalue weighted by Gasteiger charge is -2.01. The summed E-state index contributed by atoms with van der Waals surface area (Å²) < 4.78 is 0. The molecule has 50 valence electrons. The first-order valence-corrected chi connectivity index (χ1v) is 2.59. The number of carbonyl (C=O) groups excluding carboxylic acids is 1. The van der Waals surface area contributed by atoms with Gasteiger partial charge in [0.2, 0.25) is 0 Å². The molecule has 1 amide bonds. The molecule has 3 nitrogen and oxygen atoms in total. The summed E-state index contributed by atoms with van der Waals surface area (Å²) in [7, 11) is 0. The van der Waals surface area contributed by atoms with Crippen molar-refractivity contribution in [2.75, 3.05) is 6.54 Å². The molecule has 0 bridgehead atoms. The first-order valence-electron chi connectivity index (χ1n) is 2.59. The molecule has 0 aliphatic rings. The van der Waals surface area contributed by atoms with Gasteiger partial charge in [-0.2, -0.15) is 0 Å². The Bertz CT molecular complexity index is 134. The lowest BCUT2D eigenvalue weighted by molar-refractivity contribution is -0.116. The highest BCUT2D eigenvalue weighted by Gasteiger charge is 1.96. The molecule has 0 rings (SSSR count). The van der Waals surface area contributed by atoms with Crippen molar-refractivity contribution in [2.24, 2.45) is 0 Å². The second-order valence-electron chi connectivity index (χ2n) is 1.70. The van der Waals surface area contributed by atoms with Gasteiger partial charge in [0.05, 0.1) is 6.10 Å². The van der Waals surface area contributed by atoms with Crippen LogP contribution in [0.1, 0.15) is 6.92 Å². The van der Waals surface area contributed by atoms with Crippen molar-refractivity contribution < 1.29 is 9.90 Å². The Morgan fingerprint density at radius 1 is 2.00 bits per heavy atom. The van der Waals surface area contributed by atoms with Crippen molar-refractivity contribution in [1.29, 1.82) is 0 Å². The second kappa shape index (κ2) is 3.93. The van der Waals surface area contributed by atoms with Gasteiger partial charge in [0.25, 0.3) is 5.91 Å². The maximum atomic E-state index is 10.3. The van der Waals surface area contributed by atoms with E-state index in [4.69, 9.17) is 11.5 Å². The molecule has 0 spiro atoms. The standard InChI is InChI=1S/C6H9NO2/c1-3-6(9)7-4-5(2)8/h1,5,8H,4H2,2H3,(H,7,9)/t5-/m1/s1. The summed E-state index contributed by atoms with van der Waals surface area (Å²) in [4.78, 5) is 10.3. The minimum Gasteiger partial charge on any atom is -0.392 e. The van der Waals surface area contributed by atoms with E-state index in [9.17, 15) is 4.79 Å². The zero-order valence-corrected chi connectivity index (χ0v) is 5.22. The van der Waals surface area contributed by atoms with Crippen LogP contribution < -0.4 is 5.32 Å². The molecule has 0 aliphatic heterocycles. The smallest absolute Gasteiger partial charge is 0.295 e. The summed E-state index contributed by atoms with van der Waals surface area (Å²) in [6, 6.07) is 0. The maximum absolute atomic E-state index is 10.3. The number of rotatable bonds is 2. The fraction of sp³-hybridized carbons (Fsp3) is 0.500. The van der Waals surface area contributed by atoms with Crippen LogP contribution in [0, 0.1) is 12.3 Å². The van der Waals surface area contributed by atoms with Crippen LogP contribution in [0.5, 0.6) is 0 Å². The average molecular weight is 127 g/mol. The van der Waals surface area contributed by atoms with E-state index < -0.39 is 12.0 Å². The molecular formula is C6H9NO2. The Morgan fingerprint density at radius 2 is 2.56 bits per heavy atom. The van der Waals surface area contributed by atoms with Crippen LogP contribution in [0.2, 0.25) is 0 Å². The molecule has 0 aromatic heterocycles. The van der Waals surface area contributed by atoms with E-state index in [2.05, 4.69) is 5.32 Å². The summed E-state index contributed by atoms with van der Waals surface area (Å²) in [5, 5.41) is 10.9. The highest BCUT2D eigenvalue weighted by Crippen LogP contribution is 1.73. The van der Waals surface area contributed by atoms with Gasteiger partial charge < -0.3 is 10.4 Å². The SMILES string of the molecule is C#CC(=O)NC[C@@H](C)O. The topological polar surface area (TPSA) is 49.3 Å². The average Bonchev–Trinajstić information content (AvgIpc) is 1.83. The predicted molar refractivity (Wildman–Crippen MR) is 33.5 cm³/mol. The molecule has 0 radical (unpaired) electrons. The molecule has 0 aromatic carbocycles. The van der Waals surface area contributed by atoms with Gasteiger partial charge in [0, 0.05) is 6.54 Å². The zero-order chi connectivity index (χ0) is 7.28. The van der Waals surface area contributed by atoms with E-state index in [0.29, 0.717) is 0 Å². The van der Waals surface area contributed by atoms with Crippen molar-refractivity contribution in [3.8, 4) is 12.3 Å². The van der Waals surface area contributed by atoms with Crippen LogP contribution in [0.25, 0.3) is 0 Å². The number of hydrogen-bond donors (Lipinski definition) is 2. The van der Waals surface area contributed by atoms with Gasteiger partial charge >= 0.3 is 0 Å². The van der Waals surface area contributed by atoms with E-state index in [0.717, 1.165) is 0 Å². The lowest BCUT2D eigenvalue weighted by atomic mass is 10.4. The largest absolute Gasteiger partial charge is 0.392 e. The molecule has 0 aromatic rings. The van der Waals surface area contributed by atoms with Crippen molar-refractivity contribution in [3.63, 3.8) is 0 Å². The van der Waals surface area contributed by atoms with Crippen LogP contribution in [0.4, 0.5) is 0 Å². The van der Waals surface area contributed by atoms with Gasteiger partial charge in [-0.3, -0.25) is 4.79 Å². The van der Waals surface area contributed by atoms with Gasteiger partial charge in [0.15, 0.2) is 0 Å². The Hall–Kier alpha value is -1.01. The van der Waals surface area contributed by atoms with E-state index in [1.54, 1.807) is 6.92 Å². The van der Waals surface area contributed by atoms with Crippen LogP contribution in [-0.4, -0.2) is 23.7 Å². The van der Waals surface area contributed by atoms with Crippen molar-refractivity contribution in [1.82, 2.24) is 5.32 Å². The second-order valence-corrected chi connectivity index (χ2v) is 1.70. The van der Waals surface area contributed by atoms with Crippen molar-refractivity contribution in [3.05, 3.63) is 0 Å². The van der Waals surface area contributed by atoms with Crippen LogP contribution in [0.15, 0.2) is 0 Å². The molecule has 0 fully saturated rings. The molecule has 3 heteroatoms. The van der Waals surface area contributed by atoms with E-state index >= 15 is 0 Å². The molecule has 0 heterocycles. The Labute approximate surface area is 54.1 Å². The predicted octanol–water partition coefficient (Wildman–Crippen LogP) is -0.883. The zero-order valence-electron chi connectivity index (χ0n) is 5.22. The Morgan fingerprint density at radius 3 is 2.89 bits per heavy atom. The normalized spacial score (nSPS) is 11.7. The Kier molecular flexibility index (Phi) is 3.49. The highest BCUT2D eigenvalue weighted by molar-refractivity contribution is 5.92. The summed E-state index contributed by atoms with van der Waals surface area (Å²) in [6.07, 6.45) is 4.18. The number of carbonyl (C=O) groups is 1. The summed E-state index contributed by atoms with van der Waals surface area (Å²) in [6.45, 7) is 1.78. The molecule has 0 saturated carbocycles. The minimum absolute atomic E-state index is 0.211. The maximum Gasteiger partial charge on any atom is 0.295 e. The van der Waals surface area contributed by atoms with Gasteiger partial charge in [-0.15, -0.1) is 6.42 Å². The molecule has 1 atom stereocenters. The van der Waals surface area contributed by atoms with Gasteiger partial charge in [-0.05, 0) is 12.8 Å². The molecular weight excluding hydrogens is 118 g/mol. The minimum atomic E-state index is -0.540. The summed E-state index contributed by atoms with van der Waals surface area (Å²) in [5.74, 6) is 1.37. The number of nitrogens with one attached hydrogen (secondary N) is 1. The van der Waals surface area contributed by atoms with Crippen molar-refractivity contribution in [2.45, 2.75) is 13.0 Å². The van der Waals surface area contributed by atoms with Crippen molar-refractivity contribution >= 4 is 5.91 Å². The van der Waals surface area contributed by atoms with Crippen LogP contribution in [0.3, 0.4) is 0 Å². The molecule has 0 aliphatic carbocycles. The number of aliphatic hydroxyl groups excluding tert-OH is 1. The van der Waals surface area contributed by atoms with Crippen LogP contribution >= 0.6 is 0 Å². The Balaban J connectivity index is 3.31. The lowest BCUT2D eigenvalue weighted by Crippen LogP contribution is -2.29. The highest BCUT2D eigenvalue weighted by atomic mass is 16.3. The van der Waals surface area contributed by atoms with Gasteiger partial charge in [-0.1, -0.05) is 0 Å². The summed E-state index contributed by atoms with van der Waals surface area (Å²) in [5.41, 5.74) is 0. The number of terminal acetylenes is 1. The number of hydrogen-bond acceptors (Lipinski definition) is 2. The quantitative estimate of drug-likeness (QED) is 0.473. The first-order chi connectivity index (χ1) is 4.16. The number of amides is 1. The first kappa shape index (κ1) is 7.99. The number of aliphatic hydroxyl groups is 1. The fourth-order valence-corrected chi connectivity index (χ4v) is 0.291. The monoisotopic (exact) mass is 127 g/mol. The van der Waals surface area contributed by atoms with Crippen LogP contribution in [-0.2, 0) is 4.79 Å². The molecule has 0 saturated heterocycles. The fourth-order valence-electron chi connectivity index (χ4n) is 0.291.